The molecule has 1 heterocycles. The maximum Gasteiger partial charge on any atom is 0.338 e. The molecule has 1 aliphatic heterocycles. The Kier molecular flexibility index (Phi) is 3.86. The molecule has 0 amide bonds. The van der Waals surface area contributed by atoms with Gasteiger partial charge in [0.05, 0.1) is 20.3 Å². The number of carbonyl (C=O) groups excluding carboxylic acids is 1. The van der Waals surface area contributed by atoms with Crippen molar-refractivity contribution in [2.24, 2.45) is 0 Å². The molecule has 0 radical (unpaired) electrons. The van der Waals surface area contributed by atoms with E-state index in [9.17, 15) is 9.90 Å². The molecule has 0 aromatic carbocycles. The van der Waals surface area contributed by atoms with E-state index in [-0.39, 0.29) is 0 Å². The van der Waals surface area contributed by atoms with Crippen molar-refractivity contribution in [2.75, 3.05) is 40.0 Å². The highest BCUT2D eigenvalue weighted by atomic mass is 16.5. The van der Waals surface area contributed by atoms with Crippen LogP contribution in [0.2, 0.25) is 0 Å². The van der Waals surface area contributed by atoms with Crippen molar-refractivity contribution in [2.45, 2.75) is 12.5 Å². The topological polar surface area (TPSA) is 59.0 Å². The van der Waals surface area contributed by atoms with Gasteiger partial charge in [-0.05, 0) is 6.92 Å². The van der Waals surface area contributed by atoms with Gasteiger partial charge in [-0.3, -0.25) is 4.90 Å². The molecule has 5 nitrogen and oxygen atoms in total. The number of methoxy groups -OCH3 is 1. The minimum atomic E-state index is -1.42. The monoisotopic (exact) mass is 203 g/mol. The number of rotatable bonds is 3. The molecule has 1 unspecified atom stereocenters. The van der Waals surface area contributed by atoms with Crippen LogP contribution in [0.1, 0.15) is 6.92 Å². The fourth-order valence-corrected chi connectivity index (χ4v) is 1.48. The number of aliphatic hydroxyl groups is 1. The highest BCUT2D eigenvalue weighted by Crippen LogP contribution is 2.09. The van der Waals surface area contributed by atoms with Crippen LogP contribution in [-0.2, 0) is 14.3 Å². The highest BCUT2D eigenvalue weighted by molar-refractivity contribution is 5.78. The Bertz CT molecular complexity index is 199. The average Bonchev–Trinajstić information content (AvgIpc) is 2.17. The van der Waals surface area contributed by atoms with E-state index < -0.39 is 11.6 Å². The predicted molar refractivity (Wildman–Crippen MR) is 49.9 cm³/mol. The summed E-state index contributed by atoms with van der Waals surface area (Å²) >= 11 is 0. The van der Waals surface area contributed by atoms with Crippen LogP contribution in [0.4, 0.5) is 0 Å². The van der Waals surface area contributed by atoms with Gasteiger partial charge >= 0.3 is 5.97 Å². The Labute approximate surface area is 83.6 Å². The molecule has 1 atom stereocenters. The minimum Gasteiger partial charge on any atom is -0.467 e. The Hall–Kier alpha value is -0.650. The summed E-state index contributed by atoms with van der Waals surface area (Å²) in [6.45, 7) is 4.55. The van der Waals surface area contributed by atoms with E-state index in [0.29, 0.717) is 19.8 Å². The lowest BCUT2D eigenvalue weighted by molar-refractivity contribution is -0.163. The van der Waals surface area contributed by atoms with Crippen LogP contribution in [0.5, 0.6) is 0 Å². The number of morpholine rings is 1. The first-order valence-electron chi connectivity index (χ1n) is 4.67. The second kappa shape index (κ2) is 4.72. The summed E-state index contributed by atoms with van der Waals surface area (Å²) in [6.07, 6.45) is 0. The molecule has 0 aliphatic carbocycles. The van der Waals surface area contributed by atoms with Gasteiger partial charge in [0.2, 0.25) is 0 Å². The Morgan fingerprint density at radius 3 is 2.64 bits per heavy atom. The maximum absolute atomic E-state index is 11.2. The van der Waals surface area contributed by atoms with E-state index in [4.69, 9.17) is 4.74 Å². The zero-order valence-electron chi connectivity index (χ0n) is 8.65. The van der Waals surface area contributed by atoms with E-state index in [2.05, 4.69) is 4.74 Å². The molecule has 82 valence electrons. The highest BCUT2D eigenvalue weighted by Gasteiger charge is 2.33. The Balaban J connectivity index is 2.44. The first-order valence-corrected chi connectivity index (χ1v) is 4.67. The van der Waals surface area contributed by atoms with Crippen molar-refractivity contribution >= 4 is 5.97 Å². The second-order valence-corrected chi connectivity index (χ2v) is 3.65. The standard InChI is InChI=1S/C9H17NO4/c1-9(12,8(11)13-2)7-10-3-5-14-6-4-10/h12H,3-7H2,1-2H3. The third kappa shape index (κ3) is 2.94. The molecule has 1 fully saturated rings. The average molecular weight is 203 g/mol. The van der Waals surface area contributed by atoms with Crippen molar-refractivity contribution in [1.29, 1.82) is 0 Å². The summed E-state index contributed by atoms with van der Waals surface area (Å²) in [5.74, 6) is -0.594. The van der Waals surface area contributed by atoms with E-state index in [1.54, 1.807) is 0 Å². The first kappa shape index (κ1) is 11.4. The molecule has 1 N–H and O–H groups in total. The van der Waals surface area contributed by atoms with Gasteiger partial charge in [0.25, 0.3) is 0 Å². The largest absolute Gasteiger partial charge is 0.467 e. The third-order valence-electron chi connectivity index (χ3n) is 2.26. The van der Waals surface area contributed by atoms with Crippen LogP contribution in [0.15, 0.2) is 0 Å². The maximum atomic E-state index is 11.2. The summed E-state index contributed by atoms with van der Waals surface area (Å²) in [7, 11) is 1.27. The lowest BCUT2D eigenvalue weighted by atomic mass is 10.1. The van der Waals surface area contributed by atoms with Gasteiger partial charge < -0.3 is 14.6 Å². The molecule has 1 aliphatic rings. The molecule has 0 spiro atoms. The van der Waals surface area contributed by atoms with E-state index in [1.165, 1.54) is 14.0 Å². The van der Waals surface area contributed by atoms with Crippen molar-refractivity contribution in [3.05, 3.63) is 0 Å². The fraction of sp³-hybridized carbons (Fsp3) is 0.889. The van der Waals surface area contributed by atoms with Gasteiger partial charge in [0, 0.05) is 19.6 Å². The van der Waals surface area contributed by atoms with Gasteiger partial charge in [-0.2, -0.15) is 0 Å². The van der Waals surface area contributed by atoms with Crippen molar-refractivity contribution in [3.8, 4) is 0 Å². The summed E-state index contributed by atoms with van der Waals surface area (Å²) in [5.41, 5.74) is -1.42. The van der Waals surface area contributed by atoms with E-state index >= 15 is 0 Å². The van der Waals surface area contributed by atoms with Crippen LogP contribution in [0.3, 0.4) is 0 Å². The van der Waals surface area contributed by atoms with Gasteiger partial charge in [0.1, 0.15) is 0 Å². The van der Waals surface area contributed by atoms with Crippen LogP contribution >= 0.6 is 0 Å². The van der Waals surface area contributed by atoms with Crippen molar-refractivity contribution in [3.63, 3.8) is 0 Å². The Morgan fingerprint density at radius 2 is 2.14 bits per heavy atom. The van der Waals surface area contributed by atoms with E-state index in [0.717, 1.165) is 13.1 Å². The van der Waals surface area contributed by atoms with E-state index in [1.807, 2.05) is 4.90 Å². The third-order valence-corrected chi connectivity index (χ3v) is 2.26. The molecule has 5 heteroatoms. The summed E-state index contributed by atoms with van der Waals surface area (Å²) in [4.78, 5) is 13.2. The number of carbonyl (C=O) groups is 1. The molecule has 0 saturated carbocycles. The van der Waals surface area contributed by atoms with Gasteiger partial charge in [-0.25, -0.2) is 4.79 Å². The smallest absolute Gasteiger partial charge is 0.338 e. The van der Waals surface area contributed by atoms with Crippen LogP contribution in [-0.4, -0.2) is 61.5 Å². The summed E-state index contributed by atoms with van der Waals surface area (Å²) in [5, 5.41) is 9.78. The number of hydrogen-bond acceptors (Lipinski definition) is 5. The summed E-state index contributed by atoms with van der Waals surface area (Å²) < 4.78 is 9.67. The molecule has 0 aromatic heterocycles. The SMILES string of the molecule is COC(=O)C(C)(O)CN1CCOCC1. The minimum absolute atomic E-state index is 0.295. The molecule has 14 heavy (non-hydrogen) atoms. The predicted octanol–water partition coefficient (Wildman–Crippen LogP) is -0.757. The number of β-amino-alcohol motifs (C(OH)–C–C–N with tert-alkyl or cyclic N) is 1. The molecular weight excluding hydrogens is 186 g/mol. The number of ether oxygens (including phenoxy) is 2. The quantitative estimate of drug-likeness (QED) is 0.611. The zero-order valence-corrected chi connectivity index (χ0v) is 8.65. The first-order chi connectivity index (χ1) is 6.56. The van der Waals surface area contributed by atoms with Crippen LogP contribution in [0, 0.1) is 0 Å². The second-order valence-electron chi connectivity index (χ2n) is 3.65. The van der Waals surface area contributed by atoms with Gasteiger partial charge in [-0.1, -0.05) is 0 Å². The number of hydrogen-bond donors (Lipinski definition) is 1. The molecule has 1 rings (SSSR count). The molecule has 0 bridgehead atoms. The summed E-state index contributed by atoms with van der Waals surface area (Å²) in [6, 6.07) is 0. The van der Waals surface area contributed by atoms with Crippen molar-refractivity contribution < 1.29 is 19.4 Å². The number of esters is 1. The lowest BCUT2D eigenvalue weighted by Crippen LogP contribution is -2.50. The fourth-order valence-electron chi connectivity index (χ4n) is 1.48. The van der Waals surface area contributed by atoms with Crippen molar-refractivity contribution in [1.82, 2.24) is 4.90 Å². The molecule has 0 aromatic rings. The Morgan fingerprint density at radius 1 is 1.57 bits per heavy atom. The normalized spacial score (nSPS) is 22.8. The van der Waals surface area contributed by atoms with Crippen LogP contribution in [0.25, 0.3) is 0 Å². The van der Waals surface area contributed by atoms with Gasteiger partial charge in [-0.15, -0.1) is 0 Å². The lowest BCUT2D eigenvalue weighted by Gasteiger charge is -2.32. The van der Waals surface area contributed by atoms with Crippen LogP contribution < -0.4 is 0 Å². The molecule has 1 saturated heterocycles. The van der Waals surface area contributed by atoms with Gasteiger partial charge in [0.15, 0.2) is 5.60 Å². The number of nitrogens with zero attached hydrogens (tertiary/aromatic N) is 1. The zero-order chi connectivity index (χ0) is 10.6. The molecular formula is C9H17NO4.